The van der Waals surface area contributed by atoms with E-state index < -0.39 is 0 Å². The summed E-state index contributed by atoms with van der Waals surface area (Å²) in [5.74, 6) is 0.980. The lowest BCUT2D eigenvalue weighted by molar-refractivity contribution is 0.151. The van der Waals surface area contributed by atoms with Crippen molar-refractivity contribution in [2.24, 2.45) is 0 Å². The standard InChI is InChI=1S/C14H19N3OS/c1-2-10-8-11-12(16-14(15)17-13(11)19-10)18-9-6-4-3-5-7-9/h8-9H,2-7H2,1H3,(H2,15,16,17). The van der Waals surface area contributed by atoms with Crippen molar-refractivity contribution in [3.05, 3.63) is 10.9 Å². The normalized spacial score (nSPS) is 16.9. The molecule has 2 aromatic rings. The number of anilines is 1. The number of nitrogens with two attached hydrogens (primary N) is 1. The Morgan fingerprint density at radius 1 is 1.32 bits per heavy atom. The summed E-state index contributed by atoms with van der Waals surface area (Å²) in [4.78, 5) is 10.8. The molecule has 102 valence electrons. The lowest BCUT2D eigenvalue weighted by atomic mass is 9.98. The molecule has 4 nitrogen and oxygen atoms in total. The zero-order valence-electron chi connectivity index (χ0n) is 11.2. The van der Waals surface area contributed by atoms with Crippen molar-refractivity contribution in [1.82, 2.24) is 9.97 Å². The van der Waals surface area contributed by atoms with Crippen LogP contribution in [0.25, 0.3) is 10.2 Å². The molecule has 3 rings (SSSR count). The number of nitrogen functional groups attached to an aromatic ring is 1. The molecule has 2 N–H and O–H groups in total. The van der Waals surface area contributed by atoms with Crippen LogP contribution in [0.15, 0.2) is 6.07 Å². The topological polar surface area (TPSA) is 61.0 Å². The van der Waals surface area contributed by atoms with Gasteiger partial charge in [0.05, 0.1) is 5.39 Å². The van der Waals surface area contributed by atoms with Gasteiger partial charge in [0.25, 0.3) is 0 Å². The number of aryl methyl sites for hydroxylation is 1. The molecular formula is C14H19N3OS. The van der Waals surface area contributed by atoms with Crippen molar-refractivity contribution >= 4 is 27.5 Å². The lowest BCUT2D eigenvalue weighted by Gasteiger charge is -2.22. The van der Waals surface area contributed by atoms with E-state index in [-0.39, 0.29) is 6.10 Å². The van der Waals surface area contributed by atoms with E-state index >= 15 is 0 Å². The van der Waals surface area contributed by atoms with Gasteiger partial charge in [-0.25, -0.2) is 4.98 Å². The second-order valence-electron chi connectivity index (χ2n) is 5.05. The number of nitrogens with zero attached hydrogens (tertiary/aromatic N) is 2. The summed E-state index contributed by atoms with van der Waals surface area (Å²) in [6.07, 6.45) is 7.35. The van der Waals surface area contributed by atoms with Crippen LogP contribution >= 0.6 is 11.3 Å². The van der Waals surface area contributed by atoms with Gasteiger partial charge in [-0.2, -0.15) is 4.98 Å². The zero-order valence-corrected chi connectivity index (χ0v) is 12.0. The van der Waals surface area contributed by atoms with Crippen LogP contribution in [0.2, 0.25) is 0 Å². The number of thiophene rings is 1. The quantitative estimate of drug-likeness (QED) is 0.932. The third-order valence-corrected chi connectivity index (χ3v) is 4.78. The third kappa shape index (κ3) is 2.66. The molecule has 0 unspecified atom stereocenters. The van der Waals surface area contributed by atoms with E-state index in [1.165, 1.54) is 24.1 Å². The molecule has 0 amide bonds. The number of ether oxygens (including phenoxy) is 1. The maximum absolute atomic E-state index is 6.08. The Morgan fingerprint density at radius 2 is 2.11 bits per heavy atom. The molecule has 1 aliphatic carbocycles. The molecule has 0 radical (unpaired) electrons. The van der Waals surface area contributed by atoms with Gasteiger partial charge < -0.3 is 10.5 Å². The minimum atomic E-state index is 0.288. The average molecular weight is 277 g/mol. The second kappa shape index (κ2) is 5.33. The Morgan fingerprint density at radius 3 is 2.84 bits per heavy atom. The number of hydrogen-bond donors (Lipinski definition) is 1. The largest absolute Gasteiger partial charge is 0.474 e. The van der Waals surface area contributed by atoms with Crippen LogP contribution in [0, 0.1) is 0 Å². The molecule has 0 aliphatic heterocycles. The van der Waals surface area contributed by atoms with E-state index in [1.54, 1.807) is 11.3 Å². The number of fused-ring (bicyclic) bond motifs is 1. The summed E-state index contributed by atoms with van der Waals surface area (Å²) in [5, 5.41) is 1.02. The first-order chi connectivity index (χ1) is 9.26. The van der Waals surface area contributed by atoms with Crippen molar-refractivity contribution in [2.45, 2.75) is 51.6 Å². The SMILES string of the molecule is CCc1cc2c(OC3CCCCC3)nc(N)nc2s1. The van der Waals surface area contributed by atoms with Gasteiger partial charge in [-0.1, -0.05) is 13.3 Å². The van der Waals surface area contributed by atoms with Gasteiger partial charge >= 0.3 is 0 Å². The molecule has 2 heterocycles. The van der Waals surface area contributed by atoms with Crippen molar-refractivity contribution in [2.75, 3.05) is 5.73 Å². The number of hydrogen-bond acceptors (Lipinski definition) is 5. The fraction of sp³-hybridized carbons (Fsp3) is 0.571. The molecular weight excluding hydrogens is 258 g/mol. The smallest absolute Gasteiger partial charge is 0.227 e. The van der Waals surface area contributed by atoms with Gasteiger partial charge in [0, 0.05) is 4.88 Å². The van der Waals surface area contributed by atoms with E-state index in [0.717, 1.165) is 29.5 Å². The summed E-state index contributed by atoms with van der Waals surface area (Å²) in [6.45, 7) is 2.14. The minimum absolute atomic E-state index is 0.288. The summed E-state index contributed by atoms with van der Waals surface area (Å²) in [5.41, 5.74) is 5.78. The van der Waals surface area contributed by atoms with E-state index in [4.69, 9.17) is 10.5 Å². The van der Waals surface area contributed by atoms with Gasteiger partial charge in [0.1, 0.15) is 10.9 Å². The molecule has 1 saturated carbocycles. The highest BCUT2D eigenvalue weighted by atomic mass is 32.1. The summed E-state index contributed by atoms with van der Waals surface area (Å²) < 4.78 is 6.08. The van der Waals surface area contributed by atoms with Crippen molar-refractivity contribution in [3.8, 4) is 5.88 Å². The van der Waals surface area contributed by atoms with Gasteiger partial charge in [0.15, 0.2) is 0 Å². The van der Waals surface area contributed by atoms with Crippen LogP contribution in [0.5, 0.6) is 5.88 Å². The lowest BCUT2D eigenvalue weighted by Crippen LogP contribution is -2.20. The molecule has 0 spiro atoms. The first-order valence-corrected chi connectivity index (χ1v) is 7.80. The molecule has 0 saturated heterocycles. The van der Waals surface area contributed by atoms with Gasteiger partial charge in [0.2, 0.25) is 11.8 Å². The van der Waals surface area contributed by atoms with Crippen LogP contribution in [-0.4, -0.2) is 16.1 Å². The van der Waals surface area contributed by atoms with Crippen molar-refractivity contribution < 1.29 is 4.74 Å². The van der Waals surface area contributed by atoms with Crippen LogP contribution in [0.4, 0.5) is 5.95 Å². The van der Waals surface area contributed by atoms with E-state index in [2.05, 4.69) is 23.0 Å². The average Bonchev–Trinajstić information content (AvgIpc) is 2.83. The molecule has 0 bridgehead atoms. The second-order valence-corrected chi connectivity index (χ2v) is 6.17. The fourth-order valence-corrected chi connectivity index (χ4v) is 3.53. The van der Waals surface area contributed by atoms with Crippen LogP contribution in [0.3, 0.4) is 0 Å². The minimum Gasteiger partial charge on any atom is -0.474 e. The van der Waals surface area contributed by atoms with Gasteiger partial charge in [-0.15, -0.1) is 11.3 Å². The molecule has 19 heavy (non-hydrogen) atoms. The Balaban J connectivity index is 1.94. The van der Waals surface area contributed by atoms with Crippen LogP contribution < -0.4 is 10.5 Å². The van der Waals surface area contributed by atoms with Gasteiger partial charge in [-0.05, 0) is 38.2 Å². The van der Waals surface area contributed by atoms with E-state index in [0.29, 0.717) is 11.8 Å². The highest BCUT2D eigenvalue weighted by Crippen LogP contribution is 2.33. The highest BCUT2D eigenvalue weighted by Gasteiger charge is 2.18. The molecule has 2 aromatic heterocycles. The monoisotopic (exact) mass is 277 g/mol. The van der Waals surface area contributed by atoms with Gasteiger partial charge in [-0.3, -0.25) is 0 Å². The molecule has 0 atom stereocenters. The maximum Gasteiger partial charge on any atom is 0.227 e. The number of rotatable bonds is 3. The Labute approximate surface area is 117 Å². The van der Waals surface area contributed by atoms with E-state index in [1.807, 2.05) is 0 Å². The number of aromatic nitrogens is 2. The molecule has 1 aliphatic rings. The molecule has 5 heteroatoms. The highest BCUT2D eigenvalue weighted by molar-refractivity contribution is 7.18. The summed E-state index contributed by atoms with van der Waals surface area (Å²) in [7, 11) is 0. The predicted octanol–water partition coefficient (Wildman–Crippen LogP) is 3.55. The van der Waals surface area contributed by atoms with Crippen LogP contribution in [-0.2, 0) is 6.42 Å². The van der Waals surface area contributed by atoms with Crippen LogP contribution in [0.1, 0.15) is 43.9 Å². The summed E-state index contributed by atoms with van der Waals surface area (Å²) in [6, 6.07) is 2.14. The molecule has 0 aromatic carbocycles. The van der Waals surface area contributed by atoms with E-state index in [9.17, 15) is 0 Å². The first kappa shape index (κ1) is 12.7. The Bertz CT molecular complexity index is 575. The van der Waals surface area contributed by atoms with Crippen molar-refractivity contribution in [3.63, 3.8) is 0 Å². The maximum atomic E-state index is 6.08. The Kier molecular flexibility index (Phi) is 3.55. The Hall–Kier alpha value is -1.36. The third-order valence-electron chi connectivity index (χ3n) is 3.61. The molecule has 1 fully saturated rings. The van der Waals surface area contributed by atoms with Crippen molar-refractivity contribution in [1.29, 1.82) is 0 Å². The predicted molar refractivity (Wildman–Crippen MR) is 78.7 cm³/mol. The first-order valence-electron chi connectivity index (χ1n) is 6.99. The zero-order chi connectivity index (χ0) is 13.2. The summed E-state index contributed by atoms with van der Waals surface area (Å²) >= 11 is 1.68. The fourth-order valence-electron chi connectivity index (χ4n) is 2.57.